The first-order valence-corrected chi connectivity index (χ1v) is 11.1. The number of aryl methyl sites for hydroxylation is 1. The topological polar surface area (TPSA) is 101 Å². The van der Waals surface area contributed by atoms with Crippen LogP contribution in [0.25, 0.3) is 11.1 Å². The van der Waals surface area contributed by atoms with Gasteiger partial charge in [0.05, 0.1) is 12.7 Å². The molecular weight excluding hydrogens is 420 g/mol. The van der Waals surface area contributed by atoms with Crippen molar-refractivity contribution < 1.29 is 24.5 Å². The van der Waals surface area contributed by atoms with Crippen molar-refractivity contribution in [3.63, 3.8) is 0 Å². The molecule has 1 aromatic heterocycles. The average molecular weight is 449 g/mol. The standard InChI is InChI=1S/C26H28N2O5/c1-2-32-25-13-18(6-9-22(25)26(30)31)17-7-10-24-19(12-17)5-8-21(33-24)15-28-16-23(29)20-4-3-11-27-14-20/h3-4,6-7,9-14,21,23,28-29H,2,5,8,15-16H2,1H3,(H,30,31)/t21-,23-/m1/s1. The maximum atomic E-state index is 11.4. The summed E-state index contributed by atoms with van der Waals surface area (Å²) in [5.74, 6) is 0.226. The Balaban J connectivity index is 1.39. The molecule has 2 atom stereocenters. The Morgan fingerprint density at radius 2 is 2.06 bits per heavy atom. The Bertz CT molecular complexity index is 1100. The zero-order chi connectivity index (χ0) is 23.2. The molecule has 2 heterocycles. The number of rotatable bonds is 9. The lowest BCUT2D eigenvalue weighted by molar-refractivity contribution is 0.0692. The van der Waals surface area contributed by atoms with Gasteiger partial charge in [-0.05, 0) is 66.8 Å². The van der Waals surface area contributed by atoms with Gasteiger partial charge >= 0.3 is 5.97 Å². The molecule has 33 heavy (non-hydrogen) atoms. The molecular formula is C26H28N2O5. The molecule has 0 aliphatic carbocycles. The molecule has 0 bridgehead atoms. The summed E-state index contributed by atoms with van der Waals surface area (Å²) in [6.45, 7) is 3.31. The monoisotopic (exact) mass is 448 g/mol. The van der Waals surface area contributed by atoms with Crippen LogP contribution in [0.3, 0.4) is 0 Å². The molecule has 0 saturated heterocycles. The van der Waals surface area contributed by atoms with Crippen LogP contribution in [-0.2, 0) is 6.42 Å². The van der Waals surface area contributed by atoms with Crippen LogP contribution < -0.4 is 14.8 Å². The van der Waals surface area contributed by atoms with Gasteiger partial charge in [-0.2, -0.15) is 0 Å². The summed E-state index contributed by atoms with van der Waals surface area (Å²) < 4.78 is 11.7. The van der Waals surface area contributed by atoms with E-state index in [1.165, 1.54) is 0 Å². The Morgan fingerprint density at radius 3 is 2.82 bits per heavy atom. The van der Waals surface area contributed by atoms with E-state index in [4.69, 9.17) is 9.47 Å². The second kappa shape index (κ2) is 10.5. The van der Waals surface area contributed by atoms with Gasteiger partial charge in [0.15, 0.2) is 0 Å². The molecule has 4 rings (SSSR count). The van der Waals surface area contributed by atoms with E-state index in [1.807, 2.05) is 31.2 Å². The molecule has 1 aliphatic rings. The summed E-state index contributed by atoms with van der Waals surface area (Å²) >= 11 is 0. The van der Waals surface area contributed by atoms with Gasteiger partial charge in [0, 0.05) is 31.0 Å². The SMILES string of the molecule is CCOc1cc(-c2ccc3c(c2)CC[C@H](CNC[C@@H](O)c2cccnc2)O3)ccc1C(=O)O. The minimum Gasteiger partial charge on any atom is -0.493 e. The quantitative estimate of drug-likeness (QED) is 0.457. The molecule has 3 N–H and O–H groups in total. The first kappa shape index (κ1) is 22.8. The van der Waals surface area contributed by atoms with Crippen molar-refractivity contribution in [3.05, 3.63) is 77.6 Å². The van der Waals surface area contributed by atoms with Crippen molar-refractivity contribution in [1.82, 2.24) is 10.3 Å². The number of aromatic carboxylic acids is 1. The number of ether oxygens (including phenoxy) is 2. The molecule has 0 spiro atoms. The predicted octanol–water partition coefficient (Wildman–Crippen LogP) is 3.86. The summed E-state index contributed by atoms with van der Waals surface area (Å²) in [4.78, 5) is 15.5. The minimum atomic E-state index is -1.00. The third-order valence-corrected chi connectivity index (χ3v) is 5.71. The highest BCUT2D eigenvalue weighted by Gasteiger charge is 2.21. The third kappa shape index (κ3) is 5.50. The Labute approximate surface area is 193 Å². The molecule has 0 amide bonds. The summed E-state index contributed by atoms with van der Waals surface area (Å²) in [5.41, 5.74) is 3.97. The first-order valence-electron chi connectivity index (χ1n) is 11.1. The van der Waals surface area contributed by atoms with Gasteiger partial charge in [-0.25, -0.2) is 4.79 Å². The van der Waals surface area contributed by atoms with Crippen LogP contribution in [0.5, 0.6) is 11.5 Å². The molecule has 3 aromatic rings. The number of hydrogen-bond donors (Lipinski definition) is 3. The Hall–Kier alpha value is -3.42. The second-order valence-electron chi connectivity index (χ2n) is 8.01. The maximum absolute atomic E-state index is 11.4. The number of carboxylic acids is 1. The van der Waals surface area contributed by atoms with E-state index in [9.17, 15) is 15.0 Å². The smallest absolute Gasteiger partial charge is 0.339 e. The molecule has 0 radical (unpaired) electrons. The molecule has 2 aromatic carbocycles. The van der Waals surface area contributed by atoms with Crippen LogP contribution in [0.15, 0.2) is 60.9 Å². The van der Waals surface area contributed by atoms with Gasteiger partial charge in [0.2, 0.25) is 0 Å². The van der Waals surface area contributed by atoms with Gasteiger partial charge in [-0.1, -0.05) is 18.2 Å². The summed E-state index contributed by atoms with van der Waals surface area (Å²) in [5, 5.41) is 22.9. The van der Waals surface area contributed by atoms with E-state index in [0.717, 1.165) is 40.8 Å². The number of benzene rings is 2. The van der Waals surface area contributed by atoms with Crippen molar-refractivity contribution in [1.29, 1.82) is 0 Å². The second-order valence-corrected chi connectivity index (χ2v) is 8.01. The van der Waals surface area contributed by atoms with Gasteiger partial charge in [-0.3, -0.25) is 4.98 Å². The molecule has 0 saturated carbocycles. The number of carboxylic acid groups (broad SMARTS) is 1. The first-order chi connectivity index (χ1) is 16.0. The number of pyridine rings is 1. The summed E-state index contributed by atoms with van der Waals surface area (Å²) in [7, 11) is 0. The van der Waals surface area contributed by atoms with E-state index in [0.29, 0.717) is 25.4 Å². The van der Waals surface area contributed by atoms with Gasteiger partial charge in [-0.15, -0.1) is 0 Å². The van der Waals surface area contributed by atoms with Crippen LogP contribution >= 0.6 is 0 Å². The number of nitrogens with one attached hydrogen (secondary N) is 1. The lowest BCUT2D eigenvalue weighted by Crippen LogP contribution is -2.36. The normalized spacial score (nSPS) is 15.9. The number of carbonyl (C=O) groups is 1. The van der Waals surface area contributed by atoms with Crippen LogP contribution in [0.4, 0.5) is 0 Å². The largest absolute Gasteiger partial charge is 0.493 e. The highest BCUT2D eigenvalue weighted by molar-refractivity contribution is 5.92. The highest BCUT2D eigenvalue weighted by Crippen LogP contribution is 2.34. The number of nitrogens with zero attached hydrogens (tertiary/aromatic N) is 1. The lowest BCUT2D eigenvalue weighted by atomic mass is 9.96. The molecule has 0 unspecified atom stereocenters. The molecule has 0 fully saturated rings. The minimum absolute atomic E-state index is 0.0313. The van der Waals surface area contributed by atoms with Gasteiger partial charge in [0.1, 0.15) is 23.2 Å². The average Bonchev–Trinajstić information content (AvgIpc) is 2.84. The third-order valence-electron chi connectivity index (χ3n) is 5.71. The number of fused-ring (bicyclic) bond motifs is 1. The number of hydrogen-bond acceptors (Lipinski definition) is 6. The van der Waals surface area contributed by atoms with Crippen LogP contribution in [0, 0.1) is 0 Å². The van der Waals surface area contributed by atoms with E-state index < -0.39 is 12.1 Å². The summed E-state index contributed by atoms with van der Waals surface area (Å²) in [6, 6.07) is 14.9. The van der Waals surface area contributed by atoms with E-state index in [2.05, 4.69) is 16.4 Å². The number of aromatic nitrogens is 1. The van der Waals surface area contributed by atoms with E-state index in [-0.39, 0.29) is 11.7 Å². The molecule has 172 valence electrons. The number of aliphatic hydroxyl groups is 1. The zero-order valence-electron chi connectivity index (χ0n) is 18.5. The van der Waals surface area contributed by atoms with Crippen LogP contribution in [0.1, 0.15) is 40.9 Å². The van der Waals surface area contributed by atoms with E-state index in [1.54, 1.807) is 30.6 Å². The van der Waals surface area contributed by atoms with Crippen molar-refractivity contribution >= 4 is 5.97 Å². The van der Waals surface area contributed by atoms with Crippen molar-refractivity contribution in [3.8, 4) is 22.6 Å². The number of aliphatic hydroxyl groups excluding tert-OH is 1. The van der Waals surface area contributed by atoms with Crippen molar-refractivity contribution in [2.45, 2.75) is 32.0 Å². The van der Waals surface area contributed by atoms with Crippen molar-refractivity contribution in [2.24, 2.45) is 0 Å². The maximum Gasteiger partial charge on any atom is 0.339 e. The Kier molecular flexibility index (Phi) is 7.22. The fraction of sp³-hybridized carbons (Fsp3) is 0.308. The fourth-order valence-corrected chi connectivity index (χ4v) is 3.99. The zero-order valence-corrected chi connectivity index (χ0v) is 18.5. The molecule has 1 aliphatic heterocycles. The van der Waals surface area contributed by atoms with E-state index >= 15 is 0 Å². The van der Waals surface area contributed by atoms with Gasteiger partial charge in [0.25, 0.3) is 0 Å². The van der Waals surface area contributed by atoms with Crippen LogP contribution in [0.2, 0.25) is 0 Å². The molecule has 7 heteroatoms. The Morgan fingerprint density at radius 1 is 1.24 bits per heavy atom. The summed E-state index contributed by atoms with van der Waals surface area (Å²) in [6.07, 6.45) is 4.53. The fourth-order valence-electron chi connectivity index (χ4n) is 3.99. The van der Waals surface area contributed by atoms with Crippen molar-refractivity contribution in [2.75, 3.05) is 19.7 Å². The van der Waals surface area contributed by atoms with Gasteiger partial charge < -0.3 is 25.0 Å². The molecule has 7 nitrogen and oxygen atoms in total. The predicted molar refractivity (Wildman–Crippen MR) is 125 cm³/mol. The lowest BCUT2D eigenvalue weighted by Gasteiger charge is -2.27. The highest BCUT2D eigenvalue weighted by atomic mass is 16.5. The van der Waals surface area contributed by atoms with Crippen LogP contribution in [-0.4, -0.2) is 47.0 Å².